The number of hydrogen-bond acceptors (Lipinski definition) is 3. The van der Waals surface area contributed by atoms with Gasteiger partial charge in [-0.2, -0.15) is 11.8 Å². The minimum atomic E-state index is 0.182. The first-order valence-electron chi connectivity index (χ1n) is 4.56. The molecule has 0 bridgehead atoms. The molecule has 0 saturated carbocycles. The second kappa shape index (κ2) is 8.38. The molecule has 0 aromatic rings. The van der Waals surface area contributed by atoms with E-state index in [0.29, 0.717) is 6.42 Å². The zero-order valence-electron chi connectivity index (χ0n) is 8.45. The van der Waals surface area contributed by atoms with Crippen LogP contribution in [0.3, 0.4) is 0 Å². The van der Waals surface area contributed by atoms with Crippen molar-refractivity contribution in [2.24, 2.45) is 0 Å². The molecule has 1 N–H and O–H groups in total. The summed E-state index contributed by atoms with van der Waals surface area (Å²) in [4.78, 5) is 13.1. The van der Waals surface area contributed by atoms with E-state index >= 15 is 0 Å². The molecule has 0 atom stereocenters. The van der Waals surface area contributed by atoms with E-state index in [1.54, 1.807) is 16.7 Å². The largest absolute Gasteiger partial charge is 0.396 e. The van der Waals surface area contributed by atoms with Crippen LogP contribution < -0.4 is 0 Å². The number of hydrogen-bond donors (Lipinski definition) is 1. The Morgan fingerprint density at radius 3 is 2.69 bits per heavy atom. The van der Waals surface area contributed by atoms with Crippen molar-refractivity contribution >= 4 is 17.7 Å². The topological polar surface area (TPSA) is 40.5 Å². The average Bonchev–Trinajstić information content (AvgIpc) is 2.14. The number of aliphatic hydroxyl groups excluding tert-OH is 1. The Morgan fingerprint density at radius 2 is 2.15 bits per heavy atom. The first-order chi connectivity index (χ1) is 6.22. The van der Waals surface area contributed by atoms with Gasteiger partial charge in [0.25, 0.3) is 0 Å². The lowest BCUT2D eigenvalue weighted by atomic mass is 10.2. The third-order valence-electron chi connectivity index (χ3n) is 1.86. The lowest BCUT2D eigenvalue weighted by Gasteiger charge is -2.16. The Kier molecular flexibility index (Phi) is 8.24. The smallest absolute Gasteiger partial charge is 0.222 e. The van der Waals surface area contributed by atoms with Crippen LogP contribution in [-0.4, -0.2) is 48.1 Å². The normalized spacial score (nSPS) is 10.1. The predicted molar refractivity (Wildman–Crippen MR) is 57.0 cm³/mol. The Morgan fingerprint density at radius 1 is 1.46 bits per heavy atom. The maximum absolute atomic E-state index is 11.4. The molecule has 0 fully saturated rings. The molecule has 13 heavy (non-hydrogen) atoms. The molecule has 1 amide bonds. The SMILES string of the molecule is CSCCN(C)C(=O)CCCCO. The highest BCUT2D eigenvalue weighted by Gasteiger charge is 2.06. The molecule has 4 heteroatoms. The highest BCUT2D eigenvalue weighted by molar-refractivity contribution is 7.98. The van der Waals surface area contributed by atoms with Crippen LogP contribution in [-0.2, 0) is 4.79 Å². The van der Waals surface area contributed by atoms with Crippen molar-refractivity contribution in [3.05, 3.63) is 0 Å². The number of carbonyl (C=O) groups excluding carboxylic acids is 1. The quantitative estimate of drug-likeness (QED) is 0.630. The number of nitrogens with zero attached hydrogens (tertiary/aromatic N) is 1. The van der Waals surface area contributed by atoms with Crippen LogP contribution in [0.1, 0.15) is 19.3 Å². The van der Waals surface area contributed by atoms with E-state index < -0.39 is 0 Å². The van der Waals surface area contributed by atoms with Gasteiger partial charge in [0, 0.05) is 32.4 Å². The van der Waals surface area contributed by atoms with Gasteiger partial charge in [-0.15, -0.1) is 0 Å². The van der Waals surface area contributed by atoms with Gasteiger partial charge in [0.1, 0.15) is 0 Å². The number of unbranched alkanes of at least 4 members (excludes halogenated alkanes) is 1. The third kappa shape index (κ3) is 6.90. The maximum atomic E-state index is 11.4. The Hall–Kier alpha value is -0.220. The van der Waals surface area contributed by atoms with Crippen molar-refractivity contribution in [1.82, 2.24) is 4.90 Å². The van der Waals surface area contributed by atoms with Gasteiger partial charge >= 0.3 is 0 Å². The number of rotatable bonds is 7. The van der Waals surface area contributed by atoms with Crippen molar-refractivity contribution in [1.29, 1.82) is 0 Å². The molecule has 0 rings (SSSR count). The third-order valence-corrected chi connectivity index (χ3v) is 2.45. The van der Waals surface area contributed by atoms with E-state index in [0.717, 1.165) is 25.1 Å². The fourth-order valence-corrected chi connectivity index (χ4v) is 1.39. The summed E-state index contributed by atoms with van der Waals surface area (Å²) in [6, 6.07) is 0. The molecule has 0 aromatic heterocycles. The summed E-state index contributed by atoms with van der Waals surface area (Å²) in [5, 5.41) is 8.53. The van der Waals surface area contributed by atoms with Gasteiger partial charge in [-0.3, -0.25) is 4.79 Å². The molecule has 0 aliphatic rings. The summed E-state index contributed by atoms with van der Waals surface area (Å²) < 4.78 is 0. The second-order valence-electron chi connectivity index (χ2n) is 2.99. The van der Waals surface area contributed by atoms with Gasteiger partial charge in [0.2, 0.25) is 5.91 Å². The number of thioether (sulfide) groups is 1. The number of amides is 1. The average molecular weight is 205 g/mol. The van der Waals surface area contributed by atoms with E-state index in [2.05, 4.69) is 0 Å². The highest BCUT2D eigenvalue weighted by Crippen LogP contribution is 2.00. The van der Waals surface area contributed by atoms with Gasteiger partial charge in [-0.05, 0) is 19.1 Å². The molecular weight excluding hydrogens is 186 g/mol. The molecule has 0 heterocycles. The molecule has 0 aliphatic heterocycles. The van der Waals surface area contributed by atoms with E-state index in [-0.39, 0.29) is 12.5 Å². The summed E-state index contributed by atoms with van der Waals surface area (Å²) in [7, 11) is 1.83. The van der Waals surface area contributed by atoms with Crippen LogP contribution in [0.5, 0.6) is 0 Å². The van der Waals surface area contributed by atoms with Crippen molar-refractivity contribution in [2.45, 2.75) is 19.3 Å². The van der Waals surface area contributed by atoms with Crippen LogP contribution in [0.4, 0.5) is 0 Å². The lowest BCUT2D eigenvalue weighted by Crippen LogP contribution is -2.28. The van der Waals surface area contributed by atoms with Gasteiger partial charge < -0.3 is 10.0 Å². The van der Waals surface area contributed by atoms with Crippen LogP contribution in [0, 0.1) is 0 Å². The molecule has 0 saturated heterocycles. The fraction of sp³-hybridized carbons (Fsp3) is 0.889. The van der Waals surface area contributed by atoms with Crippen LogP contribution >= 0.6 is 11.8 Å². The maximum Gasteiger partial charge on any atom is 0.222 e. The molecule has 3 nitrogen and oxygen atoms in total. The minimum Gasteiger partial charge on any atom is -0.396 e. The Bertz CT molecular complexity index is 142. The van der Waals surface area contributed by atoms with Gasteiger partial charge in [-0.1, -0.05) is 0 Å². The standard InChI is InChI=1S/C9H19NO2S/c1-10(6-8-13-2)9(12)5-3-4-7-11/h11H,3-8H2,1-2H3. The summed E-state index contributed by atoms with van der Waals surface area (Å²) >= 11 is 1.74. The number of aliphatic hydroxyl groups is 1. The Labute approximate surface area is 84.5 Å². The van der Waals surface area contributed by atoms with Crippen LogP contribution in [0.2, 0.25) is 0 Å². The van der Waals surface area contributed by atoms with Crippen LogP contribution in [0.15, 0.2) is 0 Å². The number of carbonyl (C=O) groups is 1. The second-order valence-corrected chi connectivity index (χ2v) is 3.97. The van der Waals surface area contributed by atoms with E-state index in [1.165, 1.54) is 0 Å². The molecule has 78 valence electrons. The van der Waals surface area contributed by atoms with Crippen molar-refractivity contribution in [3.63, 3.8) is 0 Å². The Balaban J connectivity index is 3.45. The summed E-state index contributed by atoms with van der Waals surface area (Å²) in [6.07, 6.45) is 4.11. The van der Waals surface area contributed by atoms with Crippen molar-refractivity contribution in [2.75, 3.05) is 32.2 Å². The molecule has 0 radical (unpaired) electrons. The fourth-order valence-electron chi connectivity index (χ4n) is 0.932. The van der Waals surface area contributed by atoms with Crippen molar-refractivity contribution < 1.29 is 9.90 Å². The van der Waals surface area contributed by atoms with Gasteiger partial charge in [-0.25, -0.2) is 0 Å². The summed E-state index contributed by atoms with van der Waals surface area (Å²) in [5.74, 6) is 1.17. The molecule has 0 aliphatic carbocycles. The van der Waals surface area contributed by atoms with E-state index in [1.807, 2.05) is 13.3 Å². The molecular formula is C9H19NO2S. The van der Waals surface area contributed by atoms with Crippen molar-refractivity contribution in [3.8, 4) is 0 Å². The lowest BCUT2D eigenvalue weighted by molar-refractivity contribution is -0.129. The zero-order valence-corrected chi connectivity index (χ0v) is 9.27. The molecule has 0 aromatic carbocycles. The first-order valence-corrected chi connectivity index (χ1v) is 5.95. The summed E-state index contributed by atoms with van der Waals surface area (Å²) in [5.41, 5.74) is 0. The minimum absolute atomic E-state index is 0.182. The molecule has 0 unspecified atom stereocenters. The predicted octanol–water partition coefficient (Wildman–Crippen LogP) is 0.970. The first kappa shape index (κ1) is 12.8. The van der Waals surface area contributed by atoms with E-state index in [4.69, 9.17) is 5.11 Å². The van der Waals surface area contributed by atoms with E-state index in [9.17, 15) is 4.79 Å². The monoisotopic (exact) mass is 205 g/mol. The van der Waals surface area contributed by atoms with Crippen LogP contribution in [0.25, 0.3) is 0 Å². The highest BCUT2D eigenvalue weighted by atomic mass is 32.2. The molecule has 0 spiro atoms. The summed E-state index contributed by atoms with van der Waals surface area (Å²) in [6.45, 7) is 1.00. The zero-order chi connectivity index (χ0) is 10.1. The van der Waals surface area contributed by atoms with Gasteiger partial charge in [0.05, 0.1) is 0 Å². The van der Waals surface area contributed by atoms with Gasteiger partial charge in [0.15, 0.2) is 0 Å².